The zero-order chi connectivity index (χ0) is 11.8. The van der Waals surface area contributed by atoms with Gasteiger partial charge in [0.05, 0.1) is 11.8 Å². The monoisotopic (exact) mass is 234 g/mol. The van der Waals surface area contributed by atoms with Gasteiger partial charge in [0.25, 0.3) is 5.56 Å². The van der Waals surface area contributed by atoms with E-state index in [-0.39, 0.29) is 12.2 Å². The van der Waals surface area contributed by atoms with Crippen LogP contribution in [0.25, 0.3) is 11.0 Å². The molecule has 0 atom stereocenters. The minimum absolute atomic E-state index is 0.141. The number of H-pyrrole nitrogens is 2. The van der Waals surface area contributed by atoms with Crippen LogP contribution >= 0.6 is 0 Å². The first-order chi connectivity index (χ1) is 8.28. The standard InChI is InChI=1S/C11H14N4O2/c16-5-7-2-15(3-7)4-8-1-12-10-9(8)13-6-14-11(10)17/h1,6-7,12,16H,2-5H2,(H,13,14,17). The highest BCUT2D eigenvalue weighted by Gasteiger charge is 2.26. The molecule has 0 aromatic carbocycles. The highest BCUT2D eigenvalue weighted by Crippen LogP contribution is 2.20. The van der Waals surface area contributed by atoms with Crippen molar-refractivity contribution < 1.29 is 5.11 Å². The first kappa shape index (κ1) is 10.5. The highest BCUT2D eigenvalue weighted by atomic mass is 16.3. The van der Waals surface area contributed by atoms with E-state index in [0.717, 1.165) is 30.7 Å². The Kier molecular flexibility index (Phi) is 2.45. The van der Waals surface area contributed by atoms with Gasteiger partial charge in [0.1, 0.15) is 5.52 Å². The summed E-state index contributed by atoms with van der Waals surface area (Å²) in [5, 5.41) is 8.95. The van der Waals surface area contributed by atoms with Gasteiger partial charge in [-0.05, 0) is 0 Å². The molecule has 0 aliphatic carbocycles. The van der Waals surface area contributed by atoms with Gasteiger partial charge in [0.2, 0.25) is 0 Å². The molecule has 3 heterocycles. The molecule has 6 heteroatoms. The van der Waals surface area contributed by atoms with Crippen LogP contribution in [-0.4, -0.2) is 44.7 Å². The van der Waals surface area contributed by atoms with E-state index < -0.39 is 0 Å². The van der Waals surface area contributed by atoms with Gasteiger partial charge >= 0.3 is 0 Å². The molecule has 2 aromatic heterocycles. The maximum atomic E-state index is 11.5. The Morgan fingerprint density at radius 1 is 1.47 bits per heavy atom. The summed E-state index contributed by atoms with van der Waals surface area (Å²) in [6.45, 7) is 2.84. The van der Waals surface area contributed by atoms with Gasteiger partial charge in [0.15, 0.2) is 0 Å². The predicted molar refractivity (Wildman–Crippen MR) is 62.6 cm³/mol. The fourth-order valence-electron chi connectivity index (χ4n) is 2.29. The molecule has 0 amide bonds. The summed E-state index contributed by atoms with van der Waals surface area (Å²) < 4.78 is 0. The molecule has 17 heavy (non-hydrogen) atoms. The third kappa shape index (κ3) is 1.75. The normalized spacial score (nSPS) is 17.5. The molecule has 3 N–H and O–H groups in total. The van der Waals surface area contributed by atoms with Gasteiger partial charge < -0.3 is 15.1 Å². The number of aromatic amines is 2. The van der Waals surface area contributed by atoms with E-state index in [4.69, 9.17) is 5.11 Å². The van der Waals surface area contributed by atoms with E-state index >= 15 is 0 Å². The first-order valence-electron chi connectivity index (χ1n) is 5.65. The lowest BCUT2D eigenvalue weighted by molar-refractivity contribution is 0.0482. The lowest BCUT2D eigenvalue weighted by Crippen LogP contribution is -2.47. The summed E-state index contributed by atoms with van der Waals surface area (Å²) in [6.07, 6.45) is 3.26. The first-order valence-corrected chi connectivity index (χ1v) is 5.65. The maximum Gasteiger partial charge on any atom is 0.275 e. The Hall–Kier alpha value is -1.66. The Morgan fingerprint density at radius 3 is 3.06 bits per heavy atom. The number of nitrogens with one attached hydrogen (secondary N) is 2. The van der Waals surface area contributed by atoms with Crippen LogP contribution in [0.3, 0.4) is 0 Å². The lowest BCUT2D eigenvalue weighted by Gasteiger charge is -2.38. The van der Waals surface area contributed by atoms with Crippen LogP contribution in [0, 0.1) is 5.92 Å². The average molecular weight is 234 g/mol. The zero-order valence-electron chi connectivity index (χ0n) is 9.31. The Morgan fingerprint density at radius 2 is 2.29 bits per heavy atom. The van der Waals surface area contributed by atoms with Crippen molar-refractivity contribution in [2.75, 3.05) is 19.7 Å². The van der Waals surface area contributed by atoms with Crippen molar-refractivity contribution in [3.63, 3.8) is 0 Å². The topological polar surface area (TPSA) is 85.0 Å². The Bertz CT molecular complexity index is 582. The molecule has 1 aliphatic rings. The maximum absolute atomic E-state index is 11.5. The molecule has 3 rings (SSSR count). The molecule has 0 spiro atoms. The van der Waals surface area contributed by atoms with Crippen LogP contribution in [0.5, 0.6) is 0 Å². The zero-order valence-corrected chi connectivity index (χ0v) is 9.31. The second kappa shape index (κ2) is 3.97. The number of hydrogen-bond donors (Lipinski definition) is 3. The molecule has 2 aromatic rings. The van der Waals surface area contributed by atoms with Gasteiger partial charge in [-0.25, -0.2) is 4.98 Å². The number of likely N-dealkylation sites (tertiary alicyclic amines) is 1. The highest BCUT2D eigenvalue weighted by molar-refractivity contribution is 5.77. The number of nitrogens with zero attached hydrogens (tertiary/aromatic N) is 2. The Balaban J connectivity index is 1.82. The minimum Gasteiger partial charge on any atom is -0.396 e. The van der Waals surface area contributed by atoms with E-state index in [0.29, 0.717) is 11.4 Å². The molecular formula is C11H14N4O2. The second-order valence-electron chi connectivity index (χ2n) is 4.51. The van der Waals surface area contributed by atoms with Gasteiger partial charge in [-0.3, -0.25) is 9.69 Å². The largest absolute Gasteiger partial charge is 0.396 e. The molecule has 1 saturated heterocycles. The van der Waals surface area contributed by atoms with E-state index in [1.807, 2.05) is 6.20 Å². The molecule has 0 saturated carbocycles. The average Bonchev–Trinajstić information content (AvgIpc) is 2.68. The number of aliphatic hydroxyl groups excluding tert-OH is 1. The van der Waals surface area contributed by atoms with Crippen LogP contribution in [0.2, 0.25) is 0 Å². The molecule has 0 bridgehead atoms. The number of fused-ring (bicyclic) bond motifs is 1. The van der Waals surface area contributed by atoms with Crippen LogP contribution in [0.4, 0.5) is 0 Å². The summed E-state index contributed by atoms with van der Waals surface area (Å²) in [4.78, 5) is 23.4. The fraction of sp³-hybridized carbons (Fsp3) is 0.455. The van der Waals surface area contributed by atoms with Crippen LogP contribution in [-0.2, 0) is 6.54 Å². The third-order valence-electron chi connectivity index (χ3n) is 3.23. The van der Waals surface area contributed by atoms with Crippen LogP contribution in [0.15, 0.2) is 17.3 Å². The number of aliphatic hydroxyl groups is 1. The quantitative estimate of drug-likeness (QED) is 0.679. The van der Waals surface area contributed by atoms with Crippen molar-refractivity contribution in [2.24, 2.45) is 5.92 Å². The van der Waals surface area contributed by atoms with Gasteiger partial charge in [-0.1, -0.05) is 0 Å². The molecule has 1 aliphatic heterocycles. The molecule has 1 fully saturated rings. The van der Waals surface area contributed by atoms with E-state index in [2.05, 4.69) is 19.9 Å². The second-order valence-corrected chi connectivity index (χ2v) is 4.51. The molecule has 90 valence electrons. The Labute approximate surface area is 97.3 Å². The number of hydrogen-bond acceptors (Lipinski definition) is 4. The SMILES string of the molecule is O=c1[nH]cnc2c(CN3CC(CO)C3)c[nH]c12. The van der Waals surface area contributed by atoms with E-state index in [9.17, 15) is 4.79 Å². The van der Waals surface area contributed by atoms with Gasteiger partial charge in [-0.2, -0.15) is 0 Å². The molecular weight excluding hydrogens is 220 g/mol. The molecule has 0 unspecified atom stereocenters. The summed E-state index contributed by atoms with van der Waals surface area (Å²) >= 11 is 0. The van der Waals surface area contributed by atoms with Crippen molar-refractivity contribution in [1.29, 1.82) is 0 Å². The summed E-state index contributed by atoms with van der Waals surface area (Å²) in [7, 11) is 0. The third-order valence-corrected chi connectivity index (χ3v) is 3.23. The smallest absolute Gasteiger partial charge is 0.275 e. The summed E-state index contributed by atoms with van der Waals surface area (Å²) in [6, 6.07) is 0. The van der Waals surface area contributed by atoms with Crippen LogP contribution < -0.4 is 5.56 Å². The predicted octanol–water partition coefficient (Wildman–Crippen LogP) is -0.325. The van der Waals surface area contributed by atoms with Crippen molar-refractivity contribution in [3.05, 3.63) is 28.4 Å². The molecule has 6 nitrogen and oxygen atoms in total. The minimum atomic E-state index is -0.141. The molecule has 0 radical (unpaired) electrons. The van der Waals surface area contributed by atoms with Crippen molar-refractivity contribution in [3.8, 4) is 0 Å². The van der Waals surface area contributed by atoms with E-state index in [1.165, 1.54) is 6.33 Å². The van der Waals surface area contributed by atoms with E-state index in [1.54, 1.807) is 0 Å². The fourth-order valence-corrected chi connectivity index (χ4v) is 2.29. The van der Waals surface area contributed by atoms with Crippen molar-refractivity contribution in [2.45, 2.75) is 6.54 Å². The van der Waals surface area contributed by atoms with Crippen molar-refractivity contribution >= 4 is 11.0 Å². The summed E-state index contributed by atoms with van der Waals surface area (Å²) in [5.41, 5.74) is 2.16. The van der Waals surface area contributed by atoms with Crippen molar-refractivity contribution in [1.82, 2.24) is 19.9 Å². The lowest BCUT2D eigenvalue weighted by atomic mass is 10.0. The van der Waals surface area contributed by atoms with Crippen LogP contribution in [0.1, 0.15) is 5.56 Å². The number of rotatable bonds is 3. The number of aromatic nitrogens is 3. The summed E-state index contributed by atoms with van der Waals surface area (Å²) in [5.74, 6) is 0.400. The van der Waals surface area contributed by atoms with Gasteiger partial charge in [-0.15, -0.1) is 0 Å². The van der Waals surface area contributed by atoms with Gasteiger partial charge in [0, 0.05) is 43.9 Å².